The highest BCUT2D eigenvalue weighted by Gasteiger charge is 2.29. The van der Waals surface area contributed by atoms with Gasteiger partial charge in [0.15, 0.2) is 0 Å². The minimum Gasteiger partial charge on any atom is -0.340 e. The number of aromatic nitrogens is 1. The van der Waals surface area contributed by atoms with Gasteiger partial charge in [-0.3, -0.25) is 4.79 Å². The number of amides is 1. The molecule has 7 heteroatoms. The third-order valence-electron chi connectivity index (χ3n) is 2.44. The first kappa shape index (κ1) is 14.6. The molecular weight excluding hydrogens is 247 g/mol. The first-order valence-corrected chi connectivity index (χ1v) is 5.52. The van der Waals surface area contributed by atoms with Gasteiger partial charge in [0.25, 0.3) is 5.91 Å². The molecule has 0 saturated carbocycles. The second-order valence-electron chi connectivity index (χ2n) is 4.01. The van der Waals surface area contributed by atoms with Crippen molar-refractivity contribution in [2.24, 2.45) is 5.73 Å². The Balaban J connectivity index is 2.77. The zero-order valence-electron chi connectivity index (χ0n) is 10.1. The molecule has 0 aliphatic rings. The molecule has 0 aromatic carbocycles. The van der Waals surface area contributed by atoms with Gasteiger partial charge in [0.2, 0.25) is 0 Å². The van der Waals surface area contributed by atoms with Crippen molar-refractivity contribution in [1.29, 1.82) is 0 Å². The van der Waals surface area contributed by atoms with E-state index in [1.807, 2.05) is 0 Å². The lowest BCUT2D eigenvalue weighted by Crippen LogP contribution is -2.31. The van der Waals surface area contributed by atoms with E-state index in [2.05, 4.69) is 0 Å². The molecule has 1 aromatic heterocycles. The molecule has 4 nitrogen and oxygen atoms in total. The molecule has 0 fully saturated rings. The summed E-state index contributed by atoms with van der Waals surface area (Å²) in [6, 6.07) is 2.81. The number of hydrogen-bond donors (Lipinski definition) is 1. The van der Waals surface area contributed by atoms with Crippen molar-refractivity contribution in [3.05, 3.63) is 24.0 Å². The summed E-state index contributed by atoms with van der Waals surface area (Å²) in [5.74, 6) is -0.433. The number of halogens is 3. The van der Waals surface area contributed by atoms with Gasteiger partial charge in [0.05, 0.1) is 0 Å². The van der Waals surface area contributed by atoms with Gasteiger partial charge in [0, 0.05) is 19.8 Å². The fourth-order valence-corrected chi connectivity index (χ4v) is 1.56. The topological polar surface area (TPSA) is 51.3 Å². The van der Waals surface area contributed by atoms with Crippen LogP contribution in [-0.2, 0) is 6.54 Å². The lowest BCUT2D eigenvalue weighted by molar-refractivity contribution is -0.140. The zero-order chi connectivity index (χ0) is 13.8. The number of nitrogens with two attached hydrogens (primary N) is 1. The Kier molecular flexibility index (Phi) is 4.77. The number of carbonyl (C=O) groups excluding carboxylic acids is 1. The Hall–Kier alpha value is -1.50. The van der Waals surface area contributed by atoms with Gasteiger partial charge in [-0.25, -0.2) is 0 Å². The highest BCUT2D eigenvalue weighted by molar-refractivity contribution is 5.92. The predicted octanol–water partition coefficient (Wildman–Crippen LogP) is 1.47. The van der Waals surface area contributed by atoms with E-state index in [1.54, 1.807) is 7.05 Å². The highest BCUT2D eigenvalue weighted by Crippen LogP contribution is 2.19. The van der Waals surface area contributed by atoms with Crippen LogP contribution in [0.5, 0.6) is 0 Å². The van der Waals surface area contributed by atoms with Crippen LogP contribution in [0.4, 0.5) is 13.2 Å². The summed E-state index contributed by atoms with van der Waals surface area (Å²) in [4.78, 5) is 13.3. The Morgan fingerprint density at radius 1 is 1.50 bits per heavy atom. The molecule has 2 N–H and O–H groups in total. The average Bonchev–Trinajstić information content (AvgIpc) is 2.70. The second kappa shape index (κ2) is 5.90. The molecule has 0 bridgehead atoms. The first-order chi connectivity index (χ1) is 8.35. The number of alkyl halides is 3. The summed E-state index contributed by atoms with van der Waals surface area (Å²) in [5.41, 5.74) is 5.35. The number of carbonyl (C=O) groups is 1. The van der Waals surface area contributed by atoms with Gasteiger partial charge in [-0.05, 0) is 25.1 Å². The van der Waals surface area contributed by atoms with Crippen molar-refractivity contribution < 1.29 is 18.0 Å². The molecule has 0 atom stereocenters. The van der Waals surface area contributed by atoms with Gasteiger partial charge < -0.3 is 15.2 Å². The van der Waals surface area contributed by atoms with E-state index in [-0.39, 0.29) is 5.69 Å². The smallest absolute Gasteiger partial charge is 0.340 e. The minimum absolute atomic E-state index is 0.0341. The number of hydrogen-bond acceptors (Lipinski definition) is 2. The van der Waals surface area contributed by atoms with Crippen LogP contribution >= 0.6 is 0 Å². The third kappa shape index (κ3) is 4.06. The molecule has 0 aliphatic carbocycles. The van der Waals surface area contributed by atoms with Crippen LogP contribution < -0.4 is 5.73 Å². The highest BCUT2D eigenvalue weighted by atomic mass is 19.4. The molecule has 102 valence electrons. The van der Waals surface area contributed by atoms with Crippen LogP contribution in [0.15, 0.2) is 18.3 Å². The van der Waals surface area contributed by atoms with Crippen molar-refractivity contribution in [3.8, 4) is 0 Å². The summed E-state index contributed by atoms with van der Waals surface area (Å²) < 4.78 is 37.8. The summed E-state index contributed by atoms with van der Waals surface area (Å²) in [6.07, 6.45) is -2.48. The van der Waals surface area contributed by atoms with Gasteiger partial charge in [0.1, 0.15) is 12.2 Å². The number of rotatable bonds is 5. The largest absolute Gasteiger partial charge is 0.406 e. The van der Waals surface area contributed by atoms with Crippen molar-refractivity contribution in [2.45, 2.75) is 19.1 Å². The molecule has 18 heavy (non-hydrogen) atoms. The maximum absolute atomic E-state index is 12.3. The van der Waals surface area contributed by atoms with Crippen LogP contribution in [0, 0.1) is 0 Å². The lowest BCUT2D eigenvalue weighted by Gasteiger charge is -2.18. The molecule has 0 saturated heterocycles. The molecule has 0 unspecified atom stereocenters. The summed E-state index contributed by atoms with van der Waals surface area (Å²) in [7, 11) is 1.54. The van der Waals surface area contributed by atoms with Crippen molar-refractivity contribution in [3.63, 3.8) is 0 Å². The van der Waals surface area contributed by atoms with E-state index >= 15 is 0 Å². The van der Waals surface area contributed by atoms with E-state index in [1.165, 1.54) is 23.2 Å². The van der Waals surface area contributed by atoms with Gasteiger partial charge in [-0.2, -0.15) is 13.2 Å². The third-order valence-corrected chi connectivity index (χ3v) is 2.44. The first-order valence-electron chi connectivity index (χ1n) is 5.52. The molecule has 0 aliphatic heterocycles. The molecule has 1 heterocycles. The normalized spacial score (nSPS) is 11.6. The minimum atomic E-state index is -4.34. The Bertz CT molecular complexity index is 400. The van der Waals surface area contributed by atoms with Crippen LogP contribution in [0.1, 0.15) is 16.9 Å². The maximum Gasteiger partial charge on any atom is 0.406 e. The van der Waals surface area contributed by atoms with E-state index in [0.717, 1.165) is 4.57 Å². The predicted molar refractivity (Wildman–Crippen MR) is 61.1 cm³/mol. The SMILES string of the molecule is CN(CCCN)C(=O)c1cccn1CC(F)(F)F. The summed E-state index contributed by atoms with van der Waals surface area (Å²) >= 11 is 0. The van der Waals surface area contributed by atoms with E-state index < -0.39 is 18.6 Å². The van der Waals surface area contributed by atoms with Gasteiger partial charge in [-0.1, -0.05) is 0 Å². The second-order valence-corrected chi connectivity index (χ2v) is 4.01. The number of nitrogens with zero attached hydrogens (tertiary/aromatic N) is 2. The van der Waals surface area contributed by atoms with Crippen molar-refractivity contribution >= 4 is 5.91 Å². The Morgan fingerprint density at radius 3 is 2.72 bits per heavy atom. The van der Waals surface area contributed by atoms with E-state index in [4.69, 9.17) is 5.73 Å². The summed E-state index contributed by atoms with van der Waals surface area (Å²) in [5, 5.41) is 0. The Labute approximate surface area is 103 Å². The molecule has 1 amide bonds. The quantitative estimate of drug-likeness (QED) is 0.874. The van der Waals surface area contributed by atoms with E-state index in [9.17, 15) is 18.0 Å². The van der Waals surface area contributed by atoms with E-state index in [0.29, 0.717) is 19.5 Å². The van der Waals surface area contributed by atoms with Crippen LogP contribution in [0.3, 0.4) is 0 Å². The summed E-state index contributed by atoms with van der Waals surface area (Å²) in [6.45, 7) is -0.306. The van der Waals surface area contributed by atoms with Gasteiger partial charge >= 0.3 is 6.18 Å². The molecule has 0 radical (unpaired) electrons. The fraction of sp³-hybridized carbons (Fsp3) is 0.545. The Morgan fingerprint density at radius 2 is 2.17 bits per heavy atom. The molecule has 1 aromatic rings. The molecular formula is C11H16F3N3O. The van der Waals surface area contributed by atoms with Gasteiger partial charge in [-0.15, -0.1) is 0 Å². The van der Waals surface area contributed by atoms with Crippen molar-refractivity contribution in [2.75, 3.05) is 20.1 Å². The van der Waals surface area contributed by atoms with Crippen molar-refractivity contribution in [1.82, 2.24) is 9.47 Å². The van der Waals surface area contributed by atoms with Crippen LogP contribution in [0.25, 0.3) is 0 Å². The lowest BCUT2D eigenvalue weighted by atomic mass is 10.3. The zero-order valence-corrected chi connectivity index (χ0v) is 10.1. The average molecular weight is 263 g/mol. The maximum atomic E-state index is 12.3. The van der Waals surface area contributed by atoms with Crippen LogP contribution in [0.2, 0.25) is 0 Å². The molecule has 1 rings (SSSR count). The van der Waals surface area contributed by atoms with Crippen LogP contribution in [-0.4, -0.2) is 41.7 Å². The standard InChI is InChI=1S/C11H16F3N3O/c1-16(6-3-5-15)10(18)9-4-2-7-17(9)8-11(12,13)14/h2,4,7H,3,5-6,8,15H2,1H3. The molecule has 0 spiro atoms. The monoisotopic (exact) mass is 263 g/mol. The fourth-order valence-electron chi connectivity index (χ4n) is 1.56.